The van der Waals surface area contributed by atoms with Crippen molar-refractivity contribution in [2.75, 3.05) is 26.2 Å². The van der Waals surface area contributed by atoms with Crippen molar-refractivity contribution in [2.24, 2.45) is 11.8 Å². The summed E-state index contributed by atoms with van der Waals surface area (Å²) in [5.41, 5.74) is 0. The molecule has 1 aliphatic rings. The van der Waals surface area contributed by atoms with Crippen LogP contribution in [0.1, 0.15) is 40.5 Å². The number of hydrogen-bond acceptors (Lipinski definition) is 2. The van der Waals surface area contributed by atoms with Crippen LogP contribution in [0.2, 0.25) is 0 Å². The van der Waals surface area contributed by atoms with E-state index in [0.717, 1.165) is 11.8 Å². The standard InChI is InChI=1S/C13H28N2/c1-5-15-8-6-7-13(10-15)9-14-12(4)11(2)3/h11-14H,5-10H2,1-4H3. The first-order valence-electron chi connectivity index (χ1n) is 6.59. The van der Waals surface area contributed by atoms with E-state index in [2.05, 4.69) is 37.9 Å². The molecule has 2 unspecified atom stereocenters. The van der Waals surface area contributed by atoms with Gasteiger partial charge in [-0.2, -0.15) is 0 Å². The summed E-state index contributed by atoms with van der Waals surface area (Å²) in [5.74, 6) is 1.62. The zero-order chi connectivity index (χ0) is 11.3. The number of likely N-dealkylation sites (tertiary alicyclic amines) is 1. The van der Waals surface area contributed by atoms with Crippen LogP contribution in [-0.4, -0.2) is 37.1 Å². The Bertz CT molecular complexity index is 168. The third kappa shape index (κ3) is 4.52. The van der Waals surface area contributed by atoms with Crippen molar-refractivity contribution in [2.45, 2.75) is 46.6 Å². The first kappa shape index (κ1) is 13.0. The van der Waals surface area contributed by atoms with Gasteiger partial charge in [-0.3, -0.25) is 0 Å². The third-order valence-corrected chi connectivity index (χ3v) is 3.78. The predicted octanol–water partition coefficient (Wildman–Crippen LogP) is 2.35. The number of piperidine rings is 1. The Kier molecular flexibility index (Phi) is 5.62. The van der Waals surface area contributed by atoms with Gasteiger partial charge in [-0.15, -0.1) is 0 Å². The van der Waals surface area contributed by atoms with Gasteiger partial charge in [-0.05, 0) is 51.2 Å². The van der Waals surface area contributed by atoms with E-state index in [0.29, 0.717) is 6.04 Å². The van der Waals surface area contributed by atoms with Crippen molar-refractivity contribution < 1.29 is 0 Å². The van der Waals surface area contributed by atoms with Crippen LogP contribution in [0.5, 0.6) is 0 Å². The van der Waals surface area contributed by atoms with Crippen LogP contribution in [0.15, 0.2) is 0 Å². The minimum absolute atomic E-state index is 0.655. The van der Waals surface area contributed by atoms with Gasteiger partial charge in [-0.25, -0.2) is 0 Å². The summed E-state index contributed by atoms with van der Waals surface area (Å²) in [6.07, 6.45) is 2.80. The molecule has 2 atom stereocenters. The second-order valence-corrected chi connectivity index (χ2v) is 5.34. The molecule has 1 fully saturated rings. The lowest BCUT2D eigenvalue weighted by Gasteiger charge is -2.33. The van der Waals surface area contributed by atoms with Crippen molar-refractivity contribution in [1.29, 1.82) is 0 Å². The molecule has 1 N–H and O–H groups in total. The fourth-order valence-electron chi connectivity index (χ4n) is 2.19. The predicted molar refractivity (Wildman–Crippen MR) is 67.1 cm³/mol. The molecule has 0 aromatic rings. The van der Waals surface area contributed by atoms with Crippen LogP contribution in [0.3, 0.4) is 0 Å². The minimum Gasteiger partial charge on any atom is -0.314 e. The fraction of sp³-hybridized carbons (Fsp3) is 1.00. The highest BCUT2D eigenvalue weighted by Crippen LogP contribution is 2.15. The van der Waals surface area contributed by atoms with E-state index in [9.17, 15) is 0 Å². The van der Waals surface area contributed by atoms with Gasteiger partial charge >= 0.3 is 0 Å². The van der Waals surface area contributed by atoms with Gasteiger partial charge in [0.25, 0.3) is 0 Å². The third-order valence-electron chi connectivity index (χ3n) is 3.78. The molecule has 1 rings (SSSR count). The summed E-state index contributed by atoms with van der Waals surface area (Å²) < 4.78 is 0. The highest BCUT2D eigenvalue weighted by molar-refractivity contribution is 4.75. The van der Waals surface area contributed by atoms with Crippen molar-refractivity contribution in [3.63, 3.8) is 0 Å². The molecule has 0 aliphatic carbocycles. The molecular weight excluding hydrogens is 184 g/mol. The van der Waals surface area contributed by atoms with Crippen LogP contribution < -0.4 is 5.32 Å². The minimum atomic E-state index is 0.655. The molecule has 90 valence electrons. The quantitative estimate of drug-likeness (QED) is 0.752. The van der Waals surface area contributed by atoms with Gasteiger partial charge in [0.15, 0.2) is 0 Å². The molecular formula is C13H28N2. The lowest BCUT2D eigenvalue weighted by molar-refractivity contribution is 0.176. The zero-order valence-corrected chi connectivity index (χ0v) is 10.9. The maximum Gasteiger partial charge on any atom is 0.00618 e. The molecule has 2 heteroatoms. The number of nitrogens with one attached hydrogen (secondary N) is 1. The van der Waals surface area contributed by atoms with Crippen LogP contribution >= 0.6 is 0 Å². The van der Waals surface area contributed by atoms with Crippen molar-refractivity contribution in [1.82, 2.24) is 10.2 Å². The lowest BCUT2D eigenvalue weighted by Crippen LogP contribution is -2.42. The van der Waals surface area contributed by atoms with E-state index in [-0.39, 0.29) is 0 Å². The van der Waals surface area contributed by atoms with Gasteiger partial charge in [0.1, 0.15) is 0 Å². The van der Waals surface area contributed by atoms with Crippen LogP contribution in [-0.2, 0) is 0 Å². The molecule has 0 radical (unpaired) electrons. The molecule has 1 saturated heterocycles. The molecule has 2 nitrogen and oxygen atoms in total. The SMILES string of the molecule is CCN1CCCC(CNC(C)C(C)C)C1. The van der Waals surface area contributed by atoms with Gasteiger partial charge < -0.3 is 10.2 Å². The first-order valence-corrected chi connectivity index (χ1v) is 6.59. The monoisotopic (exact) mass is 212 g/mol. The van der Waals surface area contributed by atoms with E-state index in [1.165, 1.54) is 39.0 Å². The van der Waals surface area contributed by atoms with Gasteiger partial charge in [0.05, 0.1) is 0 Å². The number of rotatable bonds is 5. The summed E-state index contributed by atoms with van der Waals surface area (Å²) in [5, 5.41) is 3.67. The number of nitrogens with zero attached hydrogens (tertiary/aromatic N) is 1. The Morgan fingerprint density at radius 3 is 2.67 bits per heavy atom. The Morgan fingerprint density at radius 2 is 2.07 bits per heavy atom. The van der Waals surface area contributed by atoms with Gasteiger partial charge in [0.2, 0.25) is 0 Å². The van der Waals surface area contributed by atoms with E-state index in [4.69, 9.17) is 0 Å². The van der Waals surface area contributed by atoms with Gasteiger partial charge in [-0.1, -0.05) is 20.8 Å². The van der Waals surface area contributed by atoms with Gasteiger partial charge in [0, 0.05) is 12.6 Å². The van der Waals surface area contributed by atoms with E-state index < -0.39 is 0 Å². The second-order valence-electron chi connectivity index (χ2n) is 5.34. The molecule has 15 heavy (non-hydrogen) atoms. The Balaban J connectivity index is 2.20. The lowest BCUT2D eigenvalue weighted by atomic mass is 9.97. The summed E-state index contributed by atoms with van der Waals surface area (Å²) >= 11 is 0. The molecule has 0 saturated carbocycles. The molecule has 1 aliphatic heterocycles. The summed E-state index contributed by atoms with van der Waals surface area (Å²) in [4.78, 5) is 2.58. The van der Waals surface area contributed by atoms with Crippen LogP contribution in [0.25, 0.3) is 0 Å². The maximum absolute atomic E-state index is 3.67. The highest BCUT2D eigenvalue weighted by Gasteiger charge is 2.19. The van der Waals surface area contributed by atoms with E-state index >= 15 is 0 Å². The Hall–Kier alpha value is -0.0800. The average Bonchev–Trinajstić information content (AvgIpc) is 2.26. The van der Waals surface area contributed by atoms with Crippen molar-refractivity contribution in [3.8, 4) is 0 Å². The van der Waals surface area contributed by atoms with Crippen LogP contribution in [0.4, 0.5) is 0 Å². The summed E-state index contributed by atoms with van der Waals surface area (Å²) in [6, 6.07) is 0.655. The van der Waals surface area contributed by atoms with Crippen LogP contribution in [0, 0.1) is 11.8 Å². The second kappa shape index (κ2) is 6.49. The maximum atomic E-state index is 3.67. The summed E-state index contributed by atoms with van der Waals surface area (Å²) in [6.45, 7) is 14.2. The molecule has 0 aromatic carbocycles. The molecule has 1 heterocycles. The van der Waals surface area contributed by atoms with Crippen molar-refractivity contribution >= 4 is 0 Å². The fourth-order valence-corrected chi connectivity index (χ4v) is 2.19. The molecule has 0 aromatic heterocycles. The highest BCUT2D eigenvalue weighted by atomic mass is 15.1. The molecule has 0 amide bonds. The number of hydrogen-bond donors (Lipinski definition) is 1. The zero-order valence-electron chi connectivity index (χ0n) is 10.9. The Morgan fingerprint density at radius 1 is 1.33 bits per heavy atom. The van der Waals surface area contributed by atoms with Crippen molar-refractivity contribution in [3.05, 3.63) is 0 Å². The summed E-state index contributed by atoms with van der Waals surface area (Å²) in [7, 11) is 0. The topological polar surface area (TPSA) is 15.3 Å². The smallest absolute Gasteiger partial charge is 0.00618 e. The molecule has 0 bridgehead atoms. The first-order chi connectivity index (χ1) is 7.13. The average molecular weight is 212 g/mol. The normalized spacial score (nSPS) is 25.8. The molecule has 0 spiro atoms. The Labute approximate surface area is 95.4 Å². The van der Waals surface area contributed by atoms with E-state index in [1.807, 2.05) is 0 Å². The van der Waals surface area contributed by atoms with E-state index in [1.54, 1.807) is 0 Å². The largest absolute Gasteiger partial charge is 0.314 e.